The van der Waals surface area contributed by atoms with Crippen molar-refractivity contribution in [2.24, 2.45) is 10.8 Å². The van der Waals surface area contributed by atoms with Crippen molar-refractivity contribution in [2.45, 2.75) is 78.0 Å². The Morgan fingerprint density at radius 2 is 1.57 bits per heavy atom. The standard InChI is InChI=1S/C43H43N5O8/c1-42(2)40(43(3,4)41(42)56-33-19-17-31(44-5)35-29(33)10-9-21-45-35)47-36(50)25-11-13-26(14-12-25)54-22-7-6-8-23-55-27-15-16-28-30(24-27)39(53)48(38(28)52)32-18-20-34(49)46-37(32)51/h9-17,19,21,24,32,40-41H,6-8,18,20,22-23H2,1-4H3,(H,47,50)(H,46,49,51). The number of hydrogen-bond acceptors (Lipinski definition) is 9. The number of piperidine rings is 1. The maximum Gasteiger partial charge on any atom is 0.262 e. The van der Waals surface area contributed by atoms with Gasteiger partial charge in [-0.1, -0.05) is 33.8 Å². The van der Waals surface area contributed by atoms with Crippen LogP contribution >= 0.6 is 0 Å². The minimum atomic E-state index is -1.01. The smallest absolute Gasteiger partial charge is 0.262 e. The van der Waals surface area contributed by atoms with Gasteiger partial charge >= 0.3 is 0 Å². The Bertz CT molecular complexity index is 2260. The third-order valence-corrected chi connectivity index (χ3v) is 11.0. The van der Waals surface area contributed by atoms with Crippen molar-refractivity contribution < 1.29 is 38.2 Å². The molecule has 1 aromatic heterocycles. The number of nitrogens with one attached hydrogen (secondary N) is 2. The molecule has 2 fully saturated rings. The second-order valence-electron chi connectivity index (χ2n) is 15.6. The van der Waals surface area contributed by atoms with E-state index in [2.05, 4.69) is 48.2 Å². The summed E-state index contributed by atoms with van der Waals surface area (Å²) < 4.78 is 18.4. The topological polar surface area (TPSA) is 158 Å². The number of unbranched alkanes of at least 4 members (excludes halogenated alkanes) is 2. The highest BCUT2D eigenvalue weighted by molar-refractivity contribution is 6.23. The fourth-order valence-electron chi connectivity index (χ4n) is 8.47. The van der Waals surface area contributed by atoms with Crippen LogP contribution < -0.4 is 24.8 Å². The van der Waals surface area contributed by atoms with Gasteiger partial charge in [-0.05, 0) is 86.3 Å². The maximum atomic E-state index is 13.4. The largest absolute Gasteiger partial charge is 0.494 e. The fourth-order valence-corrected chi connectivity index (χ4v) is 8.47. The Balaban J connectivity index is 0.841. The van der Waals surface area contributed by atoms with Gasteiger partial charge in [-0.3, -0.25) is 39.2 Å². The second kappa shape index (κ2) is 15.1. The summed E-state index contributed by atoms with van der Waals surface area (Å²) in [5.41, 5.74) is 1.22. The molecule has 0 radical (unpaired) electrons. The third kappa shape index (κ3) is 7.03. The van der Waals surface area contributed by atoms with Gasteiger partial charge in [0.25, 0.3) is 17.7 Å². The molecule has 7 rings (SSSR count). The van der Waals surface area contributed by atoms with Gasteiger partial charge in [-0.15, -0.1) is 0 Å². The number of nitrogens with zero attached hydrogens (tertiary/aromatic N) is 3. The van der Waals surface area contributed by atoms with Crippen molar-refractivity contribution in [3.63, 3.8) is 0 Å². The lowest BCUT2D eigenvalue weighted by Gasteiger charge is -2.63. The predicted octanol–water partition coefficient (Wildman–Crippen LogP) is 6.43. The average molecular weight is 758 g/mol. The van der Waals surface area contributed by atoms with Crippen molar-refractivity contribution in [2.75, 3.05) is 13.2 Å². The molecular weight excluding hydrogens is 714 g/mol. The summed E-state index contributed by atoms with van der Waals surface area (Å²) in [4.78, 5) is 72.1. The number of aromatic nitrogens is 1. The highest BCUT2D eigenvalue weighted by Crippen LogP contribution is 2.56. The molecule has 13 nitrogen and oxygen atoms in total. The number of fused-ring (bicyclic) bond motifs is 2. The van der Waals surface area contributed by atoms with E-state index >= 15 is 0 Å². The number of pyridine rings is 1. The number of hydrogen-bond donors (Lipinski definition) is 2. The van der Waals surface area contributed by atoms with E-state index in [9.17, 15) is 24.0 Å². The van der Waals surface area contributed by atoms with Crippen LogP contribution in [0.5, 0.6) is 17.2 Å². The molecule has 0 spiro atoms. The highest BCUT2D eigenvalue weighted by Gasteiger charge is 2.64. The molecule has 4 aromatic rings. The van der Waals surface area contributed by atoms with Gasteiger partial charge in [0, 0.05) is 40.4 Å². The van der Waals surface area contributed by atoms with Gasteiger partial charge in [0.15, 0.2) is 0 Å². The molecule has 1 atom stereocenters. The monoisotopic (exact) mass is 757 g/mol. The van der Waals surface area contributed by atoms with Crippen molar-refractivity contribution >= 4 is 46.1 Å². The van der Waals surface area contributed by atoms with Crippen molar-refractivity contribution in [3.8, 4) is 17.2 Å². The van der Waals surface area contributed by atoms with E-state index < -0.39 is 29.7 Å². The van der Waals surface area contributed by atoms with Gasteiger partial charge in [0.2, 0.25) is 17.5 Å². The Morgan fingerprint density at radius 3 is 2.27 bits per heavy atom. The summed E-state index contributed by atoms with van der Waals surface area (Å²) in [5, 5.41) is 6.22. The summed E-state index contributed by atoms with van der Waals surface area (Å²) >= 11 is 0. The summed E-state index contributed by atoms with van der Waals surface area (Å²) in [7, 11) is 0. The van der Waals surface area contributed by atoms with Crippen LogP contribution in [0.4, 0.5) is 5.69 Å². The molecule has 13 heteroatoms. The van der Waals surface area contributed by atoms with Gasteiger partial charge in [-0.25, -0.2) is 4.85 Å². The maximum absolute atomic E-state index is 13.4. The zero-order valence-corrected chi connectivity index (χ0v) is 31.7. The number of carbonyl (C=O) groups excluding carboxylic acids is 5. The van der Waals surface area contributed by atoms with E-state index in [1.165, 1.54) is 12.1 Å². The molecule has 1 aliphatic carbocycles. The quantitative estimate of drug-likeness (QED) is 0.0892. The average Bonchev–Trinajstić information content (AvgIpc) is 3.43. The molecule has 1 saturated carbocycles. The molecule has 288 valence electrons. The number of imide groups is 2. The van der Waals surface area contributed by atoms with Crippen LogP contribution in [0.3, 0.4) is 0 Å². The van der Waals surface area contributed by atoms with E-state index in [0.29, 0.717) is 47.2 Å². The lowest BCUT2D eigenvalue weighted by molar-refractivity contribution is -0.163. The van der Waals surface area contributed by atoms with Crippen molar-refractivity contribution in [3.05, 3.63) is 101 Å². The van der Waals surface area contributed by atoms with Crippen LogP contribution in [0, 0.1) is 17.4 Å². The first kappa shape index (κ1) is 38.0. The zero-order chi connectivity index (χ0) is 39.8. The van der Waals surface area contributed by atoms with E-state index in [1.54, 1.807) is 42.6 Å². The SMILES string of the molecule is [C-]#[N+]c1ccc(OC2C(C)(C)C(NC(=O)c3ccc(OCCCCCOc4ccc5c(c4)C(=O)N(C4CCC(=O)NC4=O)C5=O)cc3)C2(C)C)c2cccnc12. The van der Waals surface area contributed by atoms with E-state index in [0.717, 1.165) is 29.5 Å². The Hall–Kier alpha value is -6.29. The molecule has 56 heavy (non-hydrogen) atoms. The molecule has 2 N–H and O–H groups in total. The van der Waals surface area contributed by atoms with Gasteiger partial charge in [0.05, 0.1) is 36.4 Å². The molecule has 0 bridgehead atoms. The molecule has 5 amide bonds. The lowest BCUT2D eigenvalue weighted by Crippen LogP contribution is -2.74. The first-order valence-corrected chi connectivity index (χ1v) is 18.7. The number of ether oxygens (including phenoxy) is 3. The number of amides is 5. The van der Waals surface area contributed by atoms with Crippen molar-refractivity contribution in [1.82, 2.24) is 20.5 Å². The molecule has 2 aliphatic heterocycles. The molecule has 3 heterocycles. The van der Waals surface area contributed by atoms with E-state index in [-0.39, 0.29) is 52.9 Å². The highest BCUT2D eigenvalue weighted by atomic mass is 16.5. The number of benzene rings is 3. The molecule has 1 unspecified atom stereocenters. The molecule has 3 aromatic carbocycles. The summed E-state index contributed by atoms with van der Waals surface area (Å²) in [5.74, 6) is -0.606. The number of carbonyl (C=O) groups is 5. The normalized spacial score (nSPS) is 20.8. The van der Waals surface area contributed by atoms with Crippen LogP contribution in [0.15, 0.2) is 72.9 Å². The van der Waals surface area contributed by atoms with E-state index in [4.69, 9.17) is 20.8 Å². The van der Waals surface area contributed by atoms with Crippen LogP contribution in [-0.2, 0) is 9.59 Å². The summed E-state index contributed by atoms with van der Waals surface area (Å²) in [6.07, 6.45) is 3.95. The van der Waals surface area contributed by atoms with Crippen LogP contribution in [0.25, 0.3) is 15.7 Å². The minimum Gasteiger partial charge on any atom is -0.494 e. The van der Waals surface area contributed by atoms with Gasteiger partial charge in [0.1, 0.15) is 29.4 Å². The van der Waals surface area contributed by atoms with Crippen molar-refractivity contribution in [1.29, 1.82) is 0 Å². The fraction of sp³-hybridized carbons (Fsp3) is 0.372. The summed E-state index contributed by atoms with van der Waals surface area (Å²) in [6, 6.07) is 17.9. The second-order valence-corrected chi connectivity index (χ2v) is 15.6. The van der Waals surface area contributed by atoms with Gasteiger partial charge in [-0.2, -0.15) is 0 Å². The first-order chi connectivity index (χ1) is 26.8. The Labute approximate surface area is 324 Å². The summed E-state index contributed by atoms with van der Waals surface area (Å²) in [6.45, 7) is 16.7. The van der Waals surface area contributed by atoms with Gasteiger partial charge < -0.3 is 19.5 Å². The zero-order valence-electron chi connectivity index (χ0n) is 31.7. The van der Waals surface area contributed by atoms with Crippen LogP contribution in [-0.4, -0.2) is 70.8 Å². The third-order valence-electron chi connectivity index (χ3n) is 11.0. The number of rotatable bonds is 13. The molecule has 1 saturated heterocycles. The first-order valence-electron chi connectivity index (χ1n) is 18.7. The Morgan fingerprint density at radius 1 is 0.893 bits per heavy atom. The molecular formula is C43H43N5O8. The van der Waals surface area contributed by atoms with Crippen LogP contribution in [0.1, 0.15) is 90.9 Å². The Kier molecular flexibility index (Phi) is 10.2. The minimum absolute atomic E-state index is 0.0614. The lowest BCUT2D eigenvalue weighted by atomic mass is 9.49. The van der Waals surface area contributed by atoms with Crippen LogP contribution in [0.2, 0.25) is 0 Å². The van der Waals surface area contributed by atoms with E-state index in [1.807, 2.05) is 18.2 Å². The molecule has 3 aliphatic rings. The predicted molar refractivity (Wildman–Crippen MR) is 206 cm³/mol.